The fourth-order valence-corrected chi connectivity index (χ4v) is 10.0. The van der Waals surface area contributed by atoms with Gasteiger partial charge in [0.05, 0.1) is 16.8 Å². The van der Waals surface area contributed by atoms with Gasteiger partial charge in [0, 0.05) is 33.4 Å². The number of amides is 1. The average Bonchev–Trinajstić information content (AvgIpc) is 3.04. The van der Waals surface area contributed by atoms with Crippen molar-refractivity contribution in [3.05, 3.63) is 106 Å². The van der Waals surface area contributed by atoms with E-state index in [1.165, 1.54) is 19.3 Å². The highest BCUT2D eigenvalue weighted by Crippen LogP contribution is 2.55. The quantitative estimate of drug-likeness (QED) is 0.148. The highest BCUT2D eigenvalue weighted by atomic mass is 35.5. The summed E-state index contributed by atoms with van der Waals surface area (Å²) in [6.07, 6.45) is 9.35. The highest BCUT2D eigenvalue weighted by molar-refractivity contribution is 7.99. The molecule has 8 heteroatoms. The van der Waals surface area contributed by atoms with E-state index in [-0.39, 0.29) is 16.7 Å². The van der Waals surface area contributed by atoms with Gasteiger partial charge in [-0.25, -0.2) is 9.78 Å². The largest absolute Gasteiger partial charge is 0.487 e. The van der Waals surface area contributed by atoms with Crippen molar-refractivity contribution in [2.45, 2.75) is 75.2 Å². The third kappa shape index (κ3) is 7.62. The number of hydrogen-bond donors (Lipinski definition) is 2. The maximum atomic E-state index is 13.3. The molecule has 1 aromatic heterocycles. The summed E-state index contributed by atoms with van der Waals surface area (Å²) in [5.41, 5.74) is 3.92. The minimum Gasteiger partial charge on any atom is -0.487 e. The van der Waals surface area contributed by atoms with Crippen molar-refractivity contribution >= 4 is 46.1 Å². The Labute approximate surface area is 285 Å². The lowest BCUT2D eigenvalue weighted by molar-refractivity contribution is -0.126. The molecule has 4 aliphatic rings. The Bertz CT molecular complexity index is 1740. The average molecular weight is 669 g/mol. The number of fused-ring (bicyclic) bond motifs is 1. The molecule has 1 unspecified atom stereocenters. The molecule has 244 valence electrons. The molecule has 4 fully saturated rings. The van der Waals surface area contributed by atoms with Crippen molar-refractivity contribution in [2.24, 2.45) is 17.8 Å². The smallest absolute Gasteiger partial charge is 0.335 e. The van der Waals surface area contributed by atoms with E-state index in [9.17, 15) is 14.7 Å². The molecule has 6 nitrogen and oxygen atoms in total. The number of halogens is 1. The molecule has 1 atom stereocenters. The second-order valence-corrected chi connectivity index (χ2v) is 15.6. The SMILES string of the molecule is O=C(CCSC(CCc1ccccc1C(=O)O)c1cccc(OCc2ccc3ccc(Cl)cc3n2)c1)NC12CC3CC(CC(C3)C1)C2. The molecule has 1 heterocycles. The van der Waals surface area contributed by atoms with Gasteiger partial charge in [0.25, 0.3) is 0 Å². The van der Waals surface area contributed by atoms with Crippen LogP contribution in [0.1, 0.15) is 83.8 Å². The van der Waals surface area contributed by atoms with Crippen molar-refractivity contribution in [1.29, 1.82) is 0 Å². The van der Waals surface area contributed by atoms with E-state index >= 15 is 0 Å². The lowest BCUT2D eigenvalue weighted by atomic mass is 9.53. The number of hydrogen-bond acceptors (Lipinski definition) is 5. The van der Waals surface area contributed by atoms with Crippen LogP contribution in [0.4, 0.5) is 0 Å². The number of carboxylic acids is 1. The molecule has 47 heavy (non-hydrogen) atoms. The Morgan fingerprint density at radius 1 is 0.957 bits per heavy atom. The van der Waals surface area contributed by atoms with Crippen molar-refractivity contribution in [3.63, 3.8) is 0 Å². The lowest BCUT2D eigenvalue weighted by Crippen LogP contribution is -2.59. The summed E-state index contributed by atoms with van der Waals surface area (Å²) in [7, 11) is 0. The van der Waals surface area contributed by atoms with Gasteiger partial charge in [-0.3, -0.25) is 4.79 Å². The summed E-state index contributed by atoms with van der Waals surface area (Å²) >= 11 is 7.95. The zero-order valence-electron chi connectivity index (χ0n) is 26.5. The monoisotopic (exact) mass is 668 g/mol. The normalized spacial score (nSPS) is 23.5. The summed E-state index contributed by atoms with van der Waals surface area (Å²) in [6, 6.07) is 25.0. The topological polar surface area (TPSA) is 88.5 Å². The molecule has 4 bridgehead atoms. The van der Waals surface area contributed by atoms with Crippen molar-refractivity contribution in [1.82, 2.24) is 10.3 Å². The van der Waals surface area contributed by atoms with Crippen LogP contribution in [-0.2, 0) is 17.8 Å². The first-order valence-electron chi connectivity index (χ1n) is 16.8. The molecular weight excluding hydrogens is 628 g/mol. The number of nitrogens with zero attached hydrogens (tertiary/aromatic N) is 1. The number of nitrogens with one attached hydrogen (secondary N) is 1. The number of aryl methyl sites for hydroxylation is 1. The predicted octanol–water partition coefficient (Wildman–Crippen LogP) is 9.05. The molecule has 4 saturated carbocycles. The van der Waals surface area contributed by atoms with E-state index in [4.69, 9.17) is 21.3 Å². The zero-order chi connectivity index (χ0) is 32.4. The summed E-state index contributed by atoms with van der Waals surface area (Å²) in [4.78, 5) is 29.9. The van der Waals surface area contributed by atoms with Gasteiger partial charge in [-0.1, -0.05) is 54.1 Å². The second kappa shape index (κ2) is 13.9. The summed E-state index contributed by atoms with van der Waals surface area (Å²) < 4.78 is 6.21. The predicted molar refractivity (Wildman–Crippen MR) is 188 cm³/mol. The fraction of sp³-hybridized carbons (Fsp3) is 0.410. The number of carbonyl (C=O) groups excluding carboxylic acids is 1. The number of aromatic carboxylic acids is 1. The summed E-state index contributed by atoms with van der Waals surface area (Å²) in [5, 5.41) is 15.0. The summed E-state index contributed by atoms with van der Waals surface area (Å²) in [5.74, 6) is 3.06. The highest BCUT2D eigenvalue weighted by Gasteiger charge is 2.51. The van der Waals surface area contributed by atoms with E-state index in [0.29, 0.717) is 35.8 Å². The molecule has 4 aromatic rings. The van der Waals surface area contributed by atoms with Crippen LogP contribution < -0.4 is 10.1 Å². The van der Waals surface area contributed by atoms with Crippen LogP contribution in [0, 0.1) is 17.8 Å². The molecular formula is C39H41ClN2O4S. The second-order valence-electron chi connectivity index (χ2n) is 13.9. The zero-order valence-corrected chi connectivity index (χ0v) is 28.1. The molecule has 2 N–H and O–H groups in total. The van der Waals surface area contributed by atoms with E-state index in [2.05, 4.69) is 17.4 Å². The van der Waals surface area contributed by atoms with Gasteiger partial charge in [-0.05, 0) is 117 Å². The first kappa shape index (κ1) is 32.0. The van der Waals surface area contributed by atoms with Crippen LogP contribution in [0.25, 0.3) is 10.9 Å². The van der Waals surface area contributed by atoms with E-state index in [0.717, 1.165) is 76.9 Å². The number of ether oxygens (including phenoxy) is 1. The van der Waals surface area contributed by atoms with Crippen LogP contribution in [0.15, 0.2) is 78.9 Å². The minimum atomic E-state index is -0.911. The number of pyridine rings is 1. The molecule has 3 aromatic carbocycles. The van der Waals surface area contributed by atoms with Gasteiger partial charge >= 0.3 is 5.97 Å². The molecule has 8 rings (SSSR count). The van der Waals surface area contributed by atoms with Gasteiger partial charge in [0.2, 0.25) is 5.91 Å². The van der Waals surface area contributed by atoms with E-state index < -0.39 is 5.97 Å². The molecule has 0 radical (unpaired) electrons. The Morgan fingerprint density at radius 2 is 1.70 bits per heavy atom. The lowest BCUT2D eigenvalue weighted by Gasteiger charge is -2.56. The maximum absolute atomic E-state index is 13.3. The summed E-state index contributed by atoms with van der Waals surface area (Å²) in [6.45, 7) is 0.320. The van der Waals surface area contributed by atoms with Crippen molar-refractivity contribution in [3.8, 4) is 5.75 Å². The Kier molecular flexibility index (Phi) is 9.47. The van der Waals surface area contributed by atoms with E-state index in [1.807, 2.05) is 54.6 Å². The third-order valence-electron chi connectivity index (χ3n) is 10.3. The number of thioether (sulfide) groups is 1. The van der Waals surface area contributed by atoms with Crippen LogP contribution >= 0.6 is 23.4 Å². The number of rotatable bonds is 13. The van der Waals surface area contributed by atoms with E-state index in [1.54, 1.807) is 23.9 Å². The van der Waals surface area contributed by atoms with Crippen molar-refractivity contribution in [2.75, 3.05) is 5.75 Å². The fourth-order valence-electron chi connectivity index (χ4n) is 8.67. The molecule has 0 saturated heterocycles. The third-order valence-corrected chi connectivity index (χ3v) is 11.9. The van der Waals surface area contributed by atoms with Crippen LogP contribution in [0.5, 0.6) is 5.75 Å². The molecule has 4 aliphatic carbocycles. The molecule has 0 aliphatic heterocycles. The number of carboxylic acid groups (broad SMARTS) is 1. The standard InChI is InChI=1S/C39H41ClN2O4S/c40-31-11-8-29-9-12-32(41-35(29)20-31)24-46-33-6-3-5-30(19-33)36(13-10-28-4-1-2-7-34(28)38(44)45)47-15-14-37(43)42-39-21-25-16-26(22-39)18-27(17-25)23-39/h1-9,11-12,19-20,25-27,36H,10,13-18,21-24H2,(H,42,43)(H,44,45). The van der Waals surface area contributed by atoms with Gasteiger partial charge in [0.15, 0.2) is 0 Å². The van der Waals surface area contributed by atoms with Crippen LogP contribution in [-0.4, -0.2) is 33.3 Å². The van der Waals surface area contributed by atoms with Gasteiger partial charge in [0.1, 0.15) is 12.4 Å². The molecule has 0 spiro atoms. The Morgan fingerprint density at radius 3 is 2.47 bits per heavy atom. The number of aromatic nitrogens is 1. The molecule has 1 amide bonds. The Balaban J connectivity index is 1.02. The number of carbonyl (C=O) groups is 2. The maximum Gasteiger partial charge on any atom is 0.335 e. The number of benzene rings is 3. The minimum absolute atomic E-state index is 0.0221. The Hall–Kier alpha value is -3.55. The van der Waals surface area contributed by atoms with Gasteiger partial charge in [-0.15, -0.1) is 0 Å². The first-order valence-corrected chi connectivity index (χ1v) is 18.3. The van der Waals surface area contributed by atoms with Crippen LogP contribution in [0.2, 0.25) is 5.02 Å². The van der Waals surface area contributed by atoms with Gasteiger partial charge in [-0.2, -0.15) is 11.8 Å². The first-order chi connectivity index (χ1) is 22.8. The van der Waals surface area contributed by atoms with Crippen LogP contribution in [0.3, 0.4) is 0 Å². The van der Waals surface area contributed by atoms with Crippen molar-refractivity contribution < 1.29 is 19.4 Å². The van der Waals surface area contributed by atoms with Gasteiger partial charge < -0.3 is 15.2 Å².